The molecule has 17 heavy (non-hydrogen) atoms. The third kappa shape index (κ3) is 3.48. The van der Waals surface area contributed by atoms with Crippen LogP contribution in [0.3, 0.4) is 0 Å². The van der Waals surface area contributed by atoms with Crippen molar-refractivity contribution in [2.75, 3.05) is 11.4 Å². The first kappa shape index (κ1) is 14.1. The molecule has 1 rings (SSSR count). The van der Waals surface area contributed by atoms with Gasteiger partial charge in [0.05, 0.1) is 6.10 Å². The van der Waals surface area contributed by atoms with E-state index < -0.39 is 6.10 Å². The molecule has 0 saturated carbocycles. The van der Waals surface area contributed by atoms with Crippen LogP contribution in [0, 0.1) is 0 Å². The van der Waals surface area contributed by atoms with E-state index in [9.17, 15) is 5.11 Å². The Hall–Kier alpha value is -0.990. The van der Waals surface area contributed by atoms with Crippen LogP contribution >= 0.6 is 11.6 Å². The highest BCUT2D eigenvalue weighted by atomic mass is 35.5. The molecule has 0 aromatic heterocycles. The predicted octanol–water partition coefficient (Wildman–Crippen LogP) is 3.79. The molecule has 0 fully saturated rings. The van der Waals surface area contributed by atoms with E-state index in [4.69, 9.17) is 11.6 Å². The van der Waals surface area contributed by atoms with Crippen molar-refractivity contribution in [2.24, 2.45) is 0 Å². The molecule has 1 aromatic rings. The number of hydrogen-bond acceptors (Lipinski definition) is 2. The van der Waals surface area contributed by atoms with Gasteiger partial charge in [-0.25, -0.2) is 0 Å². The number of rotatable bonds is 5. The average molecular weight is 254 g/mol. The maximum atomic E-state index is 9.53. The van der Waals surface area contributed by atoms with Crippen LogP contribution in [0.15, 0.2) is 30.9 Å². The fourth-order valence-corrected chi connectivity index (χ4v) is 2.12. The molecule has 0 aliphatic carbocycles. The lowest BCUT2D eigenvalue weighted by Crippen LogP contribution is -2.30. The van der Waals surface area contributed by atoms with Crippen LogP contribution in [0.2, 0.25) is 5.02 Å². The number of nitrogens with zero attached hydrogens (tertiary/aromatic N) is 1. The summed E-state index contributed by atoms with van der Waals surface area (Å²) in [6.07, 6.45) is 1.33. The lowest BCUT2D eigenvalue weighted by Gasteiger charge is -2.28. The molecule has 94 valence electrons. The molecule has 2 nitrogen and oxygen atoms in total. The molecule has 1 atom stereocenters. The average Bonchev–Trinajstić information content (AvgIpc) is 2.24. The molecule has 0 spiro atoms. The van der Waals surface area contributed by atoms with E-state index in [-0.39, 0.29) is 0 Å². The first-order valence-electron chi connectivity index (χ1n) is 5.82. The maximum absolute atomic E-state index is 9.53. The maximum Gasteiger partial charge on any atom is 0.0776 e. The summed E-state index contributed by atoms with van der Waals surface area (Å²) in [6.45, 7) is 10.5. The highest BCUT2D eigenvalue weighted by Crippen LogP contribution is 2.28. The van der Waals surface area contributed by atoms with Gasteiger partial charge in [-0.15, -0.1) is 6.58 Å². The Morgan fingerprint density at radius 3 is 2.47 bits per heavy atom. The topological polar surface area (TPSA) is 23.5 Å². The van der Waals surface area contributed by atoms with E-state index in [1.54, 1.807) is 6.92 Å². The zero-order chi connectivity index (χ0) is 13.0. The van der Waals surface area contributed by atoms with Crippen LogP contribution in [0.25, 0.3) is 0 Å². The molecule has 0 heterocycles. The van der Waals surface area contributed by atoms with Crippen molar-refractivity contribution >= 4 is 17.3 Å². The van der Waals surface area contributed by atoms with Gasteiger partial charge in [0.1, 0.15) is 0 Å². The number of hydrogen-bond donors (Lipinski definition) is 1. The molecule has 3 heteroatoms. The van der Waals surface area contributed by atoms with E-state index in [1.165, 1.54) is 0 Å². The quantitative estimate of drug-likeness (QED) is 0.807. The van der Waals surface area contributed by atoms with Gasteiger partial charge in [-0.2, -0.15) is 0 Å². The van der Waals surface area contributed by atoms with Gasteiger partial charge in [-0.1, -0.05) is 23.7 Å². The third-order valence-electron chi connectivity index (χ3n) is 2.71. The summed E-state index contributed by atoms with van der Waals surface area (Å²) in [6, 6.07) is 6.13. The Morgan fingerprint density at radius 1 is 1.41 bits per heavy atom. The van der Waals surface area contributed by atoms with E-state index in [0.717, 1.165) is 17.8 Å². The summed E-state index contributed by atoms with van der Waals surface area (Å²) < 4.78 is 0. The van der Waals surface area contributed by atoms with Crippen molar-refractivity contribution in [1.82, 2.24) is 0 Å². The van der Waals surface area contributed by atoms with E-state index >= 15 is 0 Å². The minimum absolute atomic E-state index is 0.376. The monoisotopic (exact) mass is 253 g/mol. The number of benzene rings is 1. The molecule has 1 unspecified atom stereocenters. The molecule has 0 saturated heterocycles. The number of aliphatic hydroxyl groups excluding tert-OH is 1. The second kappa shape index (κ2) is 6.08. The first-order valence-corrected chi connectivity index (χ1v) is 6.20. The fourth-order valence-electron chi connectivity index (χ4n) is 1.79. The van der Waals surface area contributed by atoms with E-state index in [1.807, 2.05) is 24.3 Å². The van der Waals surface area contributed by atoms with Gasteiger partial charge in [-0.05, 0) is 38.5 Å². The van der Waals surface area contributed by atoms with Crippen molar-refractivity contribution in [1.29, 1.82) is 0 Å². The normalized spacial score (nSPS) is 12.6. The lowest BCUT2D eigenvalue weighted by molar-refractivity contribution is 0.199. The van der Waals surface area contributed by atoms with E-state index in [2.05, 4.69) is 25.3 Å². The van der Waals surface area contributed by atoms with Gasteiger partial charge in [0, 0.05) is 23.3 Å². The Bertz CT molecular complexity index is 388. The Balaban J connectivity index is 3.06. The molecular formula is C14H20ClNO. The van der Waals surface area contributed by atoms with Crippen molar-refractivity contribution in [3.8, 4) is 0 Å². The summed E-state index contributed by atoms with van der Waals surface area (Å²) in [5.41, 5.74) is 1.81. The largest absolute Gasteiger partial charge is 0.389 e. The van der Waals surface area contributed by atoms with Crippen LogP contribution in [0.5, 0.6) is 0 Å². The number of aliphatic hydroxyl groups is 1. The fraction of sp³-hybridized carbons (Fsp3) is 0.429. The molecule has 1 aromatic carbocycles. The predicted molar refractivity (Wildman–Crippen MR) is 74.8 cm³/mol. The highest BCUT2D eigenvalue weighted by molar-refractivity contribution is 6.31. The van der Waals surface area contributed by atoms with E-state index in [0.29, 0.717) is 11.1 Å². The van der Waals surface area contributed by atoms with Crippen LogP contribution < -0.4 is 4.90 Å². The minimum atomic E-state index is -0.538. The van der Waals surface area contributed by atoms with Gasteiger partial charge in [0.2, 0.25) is 0 Å². The second-order valence-corrected chi connectivity index (χ2v) is 4.82. The first-order chi connectivity index (χ1) is 7.97. The molecule has 0 aliphatic heterocycles. The van der Waals surface area contributed by atoms with Gasteiger partial charge in [0.15, 0.2) is 0 Å². The SMILES string of the molecule is C=CCN(c1ccc(C(C)O)c(Cl)c1)C(C)C. The molecule has 0 aliphatic rings. The van der Waals surface area contributed by atoms with Crippen LogP contribution in [0.4, 0.5) is 5.69 Å². The van der Waals surface area contributed by atoms with Crippen molar-refractivity contribution in [2.45, 2.75) is 32.9 Å². The summed E-state index contributed by atoms with van der Waals surface area (Å²) in [4.78, 5) is 2.20. The van der Waals surface area contributed by atoms with Gasteiger partial charge in [-0.3, -0.25) is 0 Å². The number of anilines is 1. The number of halogens is 1. The van der Waals surface area contributed by atoms with Gasteiger partial charge < -0.3 is 10.0 Å². The van der Waals surface area contributed by atoms with Gasteiger partial charge >= 0.3 is 0 Å². The van der Waals surface area contributed by atoms with Crippen molar-refractivity contribution in [3.63, 3.8) is 0 Å². The highest BCUT2D eigenvalue weighted by Gasteiger charge is 2.12. The smallest absolute Gasteiger partial charge is 0.0776 e. The lowest BCUT2D eigenvalue weighted by atomic mass is 10.1. The Morgan fingerprint density at radius 2 is 2.06 bits per heavy atom. The standard InChI is InChI=1S/C14H20ClNO/c1-5-8-16(10(2)3)12-6-7-13(11(4)17)14(15)9-12/h5-7,9-11,17H,1,8H2,2-4H3. The molecule has 0 radical (unpaired) electrons. The van der Waals surface area contributed by atoms with Crippen LogP contribution in [0.1, 0.15) is 32.4 Å². The zero-order valence-corrected chi connectivity index (χ0v) is 11.4. The summed E-state index contributed by atoms with van der Waals surface area (Å²) >= 11 is 6.16. The molecule has 0 bridgehead atoms. The molecular weight excluding hydrogens is 234 g/mol. The summed E-state index contributed by atoms with van der Waals surface area (Å²) in [5, 5.41) is 10.1. The van der Waals surface area contributed by atoms with Crippen LogP contribution in [-0.4, -0.2) is 17.7 Å². The minimum Gasteiger partial charge on any atom is -0.389 e. The Kier molecular flexibility index (Phi) is 5.03. The summed E-state index contributed by atoms with van der Waals surface area (Å²) in [7, 11) is 0. The summed E-state index contributed by atoms with van der Waals surface area (Å²) in [5.74, 6) is 0. The van der Waals surface area contributed by atoms with Crippen molar-refractivity contribution in [3.05, 3.63) is 41.4 Å². The molecule has 0 amide bonds. The van der Waals surface area contributed by atoms with Gasteiger partial charge in [0.25, 0.3) is 0 Å². The zero-order valence-electron chi connectivity index (χ0n) is 10.7. The second-order valence-electron chi connectivity index (χ2n) is 4.42. The van der Waals surface area contributed by atoms with Crippen molar-refractivity contribution < 1.29 is 5.11 Å². The molecule has 1 N–H and O–H groups in total. The van der Waals surface area contributed by atoms with Crippen LogP contribution in [-0.2, 0) is 0 Å². The Labute approximate surface area is 109 Å². The third-order valence-corrected chi connectivity index (χ3v) is 3.04.